The molecule has 18 heteroatoms. The second kappa shape index (κ2) is 24.0. The summed E-state index contributed by atoms with van der Waals surface area (Å²) < 4.78 is 0. The van der Waals surface area contributed by atoms with E-state index in [0.717, 1.165) is 22.0 Å². The third-order valence-corrected chi connectivity index (χ3v) is 11.9. The SMILES string of the molecule is CSCC[C@H](NC(=O)[C@H](CC(C)C)NC(=O)CNC(=O)[C@H](Cc1ccccc1)NC(=O)[C@H](Cc1c[nH]c2ccccc12)NC(=O)[C@@H]1CCCN1C(=O)[C@@H](N)Cc1ccc(O)cc1)C(N)=O. The summed E-state index contributed by atoms with van der Waals surface area (Å²) in [7, 11) is 0. The molecule has 11 N–H and O–H groups in total. The molecule has 1 aromatic heterocycles. The largest absolute Gasteiger partial charge is 0.508 e. The number of aromatic hydroxyl groups is 1. The van der Waals surface area contributed by atoms with Gasteiger partial charge in [-0.1, -0.05) is 74.5 Å². The molecule has 2 heterocycles. The van der Waals surface area contributed by atoms with Crippen LogP contribution in [0.3, 0.4) is 0 Å². The number of hydrogen-bond donors (Lipinski definition) is 9. The lowest BCUT2D eigenvalue weighted by atomic mass is 10.0. The number of phenols is 1. The Labute approximate surface area is 383 Å². The van der Waals surface area contributed by atoms with Gasteiger partial charge < -0.3 is 53.0 Å². The number of amides is 7. The van der Waals surface area contributed by atoms with E-state index >= 15 is 0 Å². The van der Waals surface area contributed by atoms with Gasteiger partial charge >= 0.3 is 0 Å². The summed E-state index contributed by atoms with van der Waals surface area (Å²) in [6, 6.07) is 16.6. The summed E-state index contributed by atoms with van der Waals surface area (Å²) in [6.45, 7) is 3.50. The van der Waals surface area contributed by atoms with Crippen LogP contribution in [0.15, 0.2) is 85.1 Å². The topological polar surface area (TPSA) is 271 Å². The lowest BCUT2D eigenvalue weighted by molar-refractivity contribution is -0.140. The van der Waals surface area contributed by atoms with Crippen molar-refractivity contribution in [2.24, 2.45) is 17.4 Å². The number of nitrogens with one attached hydrogen (secondary N) is 6. The van der Waals surface area contributed by atoms with E-state index in [-0.39, 0.29) is 37.4 Å². The van der Waals surface area contributed by atoms with Crippen LogP contribution < -0.4 is 38.1 Å². The number of rotatable bonds is 23. The maximum Gasteiger partial charge on any atom is 0.243 e. The zero-order chi connectivity index (χ0) is 47.0. The number of phenolic OH excluding ortho intramolecular Hbond substituents is 1. The van der Waals surface area contributed by atoms with Crippen molar-refractivity contribution < 1.29 is 38.7 Å². The molecule has 0 radical (unpaired) electrons. The molecular formula is C47H61N9O8S. The Bertz CT molecular complexity index is 2270. The number of para-hydroxylation sites is 1. The van der Waals surface area contributed by atoms with Crippen LogP contribution in [0, 0.1) is 5.92 Å². The Balaban J connectivity index is 1.32. The quantitative estimate of drug-likeness (QED) is 0.0518. The summed E-state index contributed by atoms with van der Waals surface area (Å²) in [4.78, 5) is 99.6. The fraction of sp³-hybridized carbons (Fsp3) is 0.426. The molecule has 0 bridgehead atoms. The van der Waals surface area contributed by atoms with E-state index in [1.165, 1.54) is 28.8 Å². The number of carbonyl (C=O) groups excluding carboxylic acids is 7. The van der Waals surface area contributed by atoms with Crippen molar-refractivity contribution in [3.8, 4) is 5.75 Å². The molecule has 3 aromatic carbocycles. The van der Waals surface area contributed by atoms with Crippen LogP contribution in [0.5, 0.6) is 5.75 Å². The van der Waals surface area contributed by atoms with Crippen LogP contribution in [-0.2, 0) is 52.8 Å². The van der Waals surface area contributed by atoms with E-state index in [1.54, 1.807) is 42.6 Å². The highest BCUT2D eigenvalue weighted by Crippen LogP contribution is 2.22. The first-order chi connectivity index (χ1) is 31.1. The fourth-order valence-corrected chi connectivity index (χ4v) is 8.32. The van der Waals surface area contributed by atoms with E-state index in [0.29, 0.717) is 37.1 Å². The second-order valence-electron chi connectivity index (χ2n) is 16.8. The molecule has 1 aliphatic heterocycles. The summed E-state index contributed by atoms with van der Waals surface area (Å²) in [5, 5.41) is 24.1. The maximum absolute atomic E-state index is 14.5. The number of nitrogens with two attached hydrogens (primary N) is 2. The third-order valence-electron chi connectivity index (χ3n) is 11.2. The van der Waals surface area contributed by atoms with Gasteiger partial charge in [-0.25, -0.2) is 0 Å². The van der Waals surface area contributed by atoms with E-state index in [9.17, 15) is 38.7 Å². The average Bonchev–Trinajstić information content (AvgIpc) is 3.95. The molecule has 0 saturated carbocycles. The number of likely N-dealkylation sites (tertiary alicyclic amines) is 1. The number of hydrogen-bond acceptors (Lipinski definition) is 10. The van der Waals surface area contributed by atoms with E-state index < -0.39 is 84.1 Å². The first-order valence-electron chi connectivity index (χ1n) is 21.8. The number of aromatic amines is 1. The Morgan fingerprint density at radius 2 is 1.43 bits per heavy atom. The number of benzene rings is 3. The highest BCUT2D eigenvalue weighted by atomic mass is 32.2. The highest BCUT2D eigenvalue weighted by Gasteiger charge is 2.38. The van der Waals surface area contributed by atoms with E-state index in [2.05, 4.69) is 31.6 Å². The van der Waals surface area contributed by atoms with Gasteiger partial charge in [-0.2, -0.15) is 11.8 Å². The monoisotopic (exact) mass is 911 g/mol. The first-order valence-corrected chi connectivity index (χ1v) is 23.2. The number of primary amides is 1. The number of thioether (sulfide) groups is 1. The zero-order valence-electron chi connectivity index (χ0n) is 37.0. The summed E-state index contributed by atoms with van der Waals surface area (Å²) in [6.07, 6.45) is 5.30. The predicted octanol–water partition coefficient (Wildman–Crippen LogP) is 1.56. The van der Waals surface area contributed by atoms with Gasteiger partial charge in [0.05, 0.1) is 12.6 Å². The normalized spacial score (nSPS) is 15.9. The van der Waals surface area contributed by atoms with Crippen molar-refractivity contribution in [3.63, 3.8) is 0 Å². The van der Waals surface area contributed by atoms with Gasteiger partial charge in [0.2, 0.25) is 41.4 Å². The van der Waals surface area contributed by atoms with Crippen LogP contribution in [0.1, 0.15) is 56.2 Å². The molecule has 17 nitrogen and oxygen atoms in total. The number of fused-ring (bicyclic) bond motifs is 1. The zero-order valence-corrected chi connectivity index (χ0v) is 37.8. The molecule has 4 aromatic rings. The maximum atomic E-state index is 14.5. The minimum absolute atomic E-state index is 0.0200. The van der Waals surface area contributed by atoms with Crippen LogP contribution in [-0.4, -0.2) is 118 Å². The lowest BCUT2D eigenvalue weighted by Crippen LogP contribution is -2.59. The van der Waals surface area contributed by atoms with Gasteiger partial charge in [0, 0.05) is 36.5 Å². The molecule has 1 saturated heterocycles. The molecule has 0 spiro atoms. The smallest absolute Gasteiger partial charge is 0.243 e. The molecule has 7 amide bonds. The van der Waals surface area contributed by atoms with Gasteiger partial charge in [0.25, 0.3) is 0 Å². The van der Waals surface area contributed by atoms with E-state index in [1.807, 2.05) is 50.4 Å². The van der Waals surface area contributed by atoms with Crippen molar-refractivity contribution in [1.82, 2.24) is 36.5 Å². The fourth-order valence-electron chi connectivity index (χ4n) is 7.85. The number of carbonyl (C=O) groups is 7. The standard InChI is InChI=1S/C47H61N9O8S/c1-28(2)22-37(44(61)53-36(42(49)59)19-21-65-3)52-41(58)27-51-43(60)38(24-29-10-5-4-6-11-29)54-45(62)39(25-31-26-50-35-13-8-7-12-33(31)35)55-46(63)40-14-9-20-56(40)47(64)34(48)23-30-15-17-32(57)18-16-30/h4-8,10-13,15-18,26,28,34,36-40,50,57H,9,14,19-25,27,48H2,1-3H3,(H2,49,59)(H,51,60)(H,52,58)(H,53,61)(H,54,62)(H,55,63)/t34-,36-,37-,38-,39-,40-/m0/s1. The van der Waals surface area contributed by atoms with Crippen LogP contribution >= 0.6 is 11.8 Å². The first kappa shape index (κ1) is 49.6. The molecule has 1 fully saturated rings. The minimum Gasteiger partial charge on any atom is -0.508 e. The van der Waals surface area contributed by atoms with Crippen molar-refractivity contribution in [2.45, 2.75) is 95.0 Å². The Kier molecular flexibility index (Phi) is 18.4. The van der Waals surface area contributed by atoms with Crippen molar-refractivity contribution in [3.05, 3.63) is 102 Å². The highest BCUT2D eigenvalue weighted by molar-refractivity contribution is 7.98. The van der Waals surface area contributed by atoms with Crippen molar-refractivity contribution in [2.75, 3.05) is 25.1 Å². The number of aromatic nitrogens is 1. The van der Waals surface area contributed by atoms with Crippen molar-refractivity contribution >= 4 is 64.0 Å². The molecule has 0 aliphatic carbocycles. The van der Waals surface area contributed by atoms with Crippen LogP contribution in [0.25, 0.3) is 10.9 Å². The number of H-pyrrole nitrogens is 1. The molecule has 348 valence electrons. The molecule has 65 heavy (non-hydrogen) atoms. The van der Waals surface area contributed by atoms with E-state index in [4.69, 9.17) is 11.5 Å². The lowest BCUT2D eigenvalue weighted by Gasteiger charge is -2.29. The summed E-state index contributed by atoms with van der Waals surface area (Å²) in [5.41, 5.74) is 14.9. The van der Waals surface area contributed by atoms with Crippen LogP contribution in [0.4, 0.5) is 0 Å². The number of nitrogens with zero attached hydrogens (tertiary/aromatic N) is 1. The molecule has 6 atom stereocenters. The van der Waals surface area contributed by atoms with Gasteiger partial charge in [-0.15, -0.1) is 0 Å². The van der Waals surface area contributed by atoms with Gasteiger partial charge in [0.15, 0.2) is 0 Å². The molecular weight excluding hydrogens is 851 g/mol. The Hall–Kier alpha value is -6.40. The van der Waals surface area contributed by atoms with Gasteiger partial charge in [-0.05, 0) is 84.9 Å². The van der Waals surface area contributed by atoms with Gasteiger partial charge in [0.1, 0.15) is 36.0 Å². The van der Waals surface area contributed by atoms with Crippen molar-refractivity contribution in [1.29, 1.82) is 0 Å². The Morgan fingerprint density at radius 1 is 0.785 bits per heavy atom. The average molecular weight is 912 g/mol. The Morgan fingerprint density at radius 3 is 2.12 bits per heavy atom. The molecule has 1 aliphatic rings. The summed E-state index contributed by atoms with van der Waals surface area (Å²) >= 11 is 1.49. The minimum atomic E-state index is -1.22. The summed E-state index contributed by atoms with van der Waals surface area (Å²) in [5.74, 6) is -3.65. The molecule has 0 unspecified atom stereocenters. The molecule has 5 rings (SSSR count). The van der Waals surface area contributed by atoms with Gasteiger partial charge in [-0.3, -0.25) is 33.6 Å². The third kappa shape index (κ3) is 14.6. The van der Waals surface area contributed by atoms with Crippen LogP contribution in [0.2, 0.25) is 0 Å². The predicted molar refractivity (Wildman–Crippen MR) is 249 cm³/mol. The second-order valence-corrected chi connectivity index (χ2v) is 17.7.